The van der Waals surface area contributed by atoms with Gasteiger partial charge in [0.2, 0.25) is 0 Å². The monoisotopic (exact) mass is 282 g/mol. The normalized spacial score (nSPS) is 24.7. The Labute approximate surface area is 111 Å². The van der Waals surface area contributed by atoms with Crippen LogP contribution in [0.1, 0.15) is 23.2 Å². The van der Waals surface area contributed by atoms with Crippen molar-refractivity contribution in [2.75, 3.05) is 18.9 Å². The van der Waals surface area contributed by atoms with Crippen molar-refractivity contribution in [3.8, 4) is 0 Å². The summed E-state index contributed by atoms with van der Waals surface area (Å²) in [5.41, 5.74) is 6.13. The molecule has 0 bridgehead atoms. The van der Waals surface area contributed by atoms with Gasteiger partial charge in [-0.1, -0.05) is 0 Å². The molecule has 6 nitrogen and oxygen atoms in total. The van der Waals surface area contributed by atoms with Crippen molar-refractivity contribution >= 4 is 21.6 Å². The van der Waals surface area contributed by atoms with Gasteiger partial charge < -0.3 is 10.5 Å². The minimum atomic E-state index is -3.75. The van der Waals surface area contributed by atoms with Gasteiger partial charge in [-0.2, -0.15) is 0 Å². The lowest BCUT2D eigenvalue weighted by Gasteiger charge is -2.18. The number of amides is 1. The zero-order chi connectivity index (χ0) is 13.6. The van der Waals surface area contributed by atoms with Crippen LogP contribution in [0.2, 0.25) is 0 Å². The number of nitrogens with zero attached hydrogens (tertiary/aromatic N) is 1. The Balaban J connectivity index is 1.98. The van der Waals surface area contributed by atoms with Crippen LogP contribution < -0.4 is 5.73 Å². The summed E-state index contributed by atoms with van der Waals surface area (Å²) in [7, 11) is -3.75. The van der Waals surface area contributed by atoms with E-state index in [2.05, 4.69) is 0 Å². The summed E-state index contributed by atoms with van der Waals surface area (Å²) >= 11 is 0. The third-order valence-electron chi connectivity index (χ3n) is 3.42. The molecule has 1 amide bonds. The maximum atomic E-state index is 12.3. The Morgan fingerprint density at radius 3 is 2.89 bits per heavy atom. The second-order valence-corrected chi connectivity index (χ2v) is 6.56. The summed E-state index contributed by atoms with van der Waals surface area (Å²) < 4.78 is 30.9. The Hall–Kier alpha value is -1.60. The number of carbonyl (C=O) groups is 1. The Bertz CT molecular complexity index is 635. The fourth-order valence-corrected chi connectivity index (χ4v) is 4.04. The zero-order valence-electron chi connectivity index (χ0n) is 10.2. The lowest BCUT2D eigenvalue weighted by molar-refractivity contribution is 0.0708. The molecule has 1 aromatic carbocycles. The molecule has 3 rings (SSSR count). The zero-order valence-corrected chi connectivity index (χ0v) is 11.0. The molecular weight excluding hydrogens is 268 g/mol. The summed E-state index contributed by atoms with van der Waals surface area (Å²) in [5.74, 6) is -0.516. The quantitative estimate of drug-likeness (QED) is 0.802. The first-order chi connectivity index (χ1) is 9.00. The predicted molar refractivity (Wildman–Crippen MR) is 68.1 cm³/mol. The molecule has 1 aromatic rings. The second-order valence-electron chi connectivity index (χ2n) is 4.73. The standard InChI is InChI=1S/C12H14N2O4S/c13-8-3-4-11-10(6-8)12(15)14(19(11,16)17)7-9-2-1-5-18-9/h3-4,6,9H,1-2,5,7,13H2. The highest BCUT2D eigenvalue weighted by molar-refractivity contribution is 7.90. The number of hydrogen-bond donors (Lipinski definition) is 1. The van der Waals surface area contributed by atoms with E-state index < -0.39 is 15.9 Å². The van der Waals surface area contributed by atoms with Crippen molar-refractivity contribution in [3.05, 3.63) is 23.8 Å². The largest absolute Gasteiger partial charge is 0.399 e. The summed E-state index contributed by atoms with van der Waals surface area (Å²) in [6, 6.07) is 4.28. The minimum Gasteiger partial charge on any atom is -0.399 e. The first-order valence-electron chi connectivity index (χ1n) is 6.08. The summed E-state index contributed by atoms with van der Waals surface area (Å²) in [6.45, 7) is 0.697. The van der Waals surface area contributed by atoms with Crippen LogP contribution in [0, 0.1) is 0 Å². The van der Waals surface area contributed by atoms with Gasteiger partial charge in [0.1, 0.15) is 4.90 Å². The van der Waals surface area contributed by atoms with Crippen LogP contribution in [0.5, 0.6) is 0 Å². The number of sulfonamides is 1. The van der Waals surface area contributed by atoms with Gasteiger partial charge in [-0.15, -0.1) is 0 Å². The Kier molecular flexibility index (Phi) is 2.75. The maximum absolute atomic E-state index is 12.3. The molecule has 0 radical (unpaired) electrons. The average molecular weight is 282 g/mol. The number of anilines is 1. The number of fused-ring (bicyclic) bond motifs is 1. The molecule has 0 saturated carbocycles. The number of nitrogen functional groups attached to an aromatic ring is 1. The minimum absolute atomic E-state index is 0.0321. The van der Waals surface area contributed by atoms with Crippen LogP contribution in [0.15, 0.2) is 23.1 Å². The molecule has 102 valence electrons. The molecule has 2 heterocycles. The molecule has 0 aromatic heterocycles. The van der Waals surface area contributed by atoms with Gasteiger partial charge in [-0.05, 0) is 31.0 Å². The molecule has 2 N–H and O–H groups in total. The molecule has 1 unspecified atom stereocenters. The topological polar surface area (TPSA) is 89.7 Å². The number of hydrogen-bond acceptors (Lipinski definition) is 5. The molecule has 1 saturated heterocycles. The fourth-order valence-electron chi connectivity index (χ4n) is 2.46. The van der Waals surface area contributed by atoms with Gasteiger partial charge in [0.05, 0.1) is 18.2 Å². The smallest absolute Gasteiger partial charge is 0.269 e. The highest BCUT2D eigenvalue weighted by atomic mass is 32.2. The number of benzene rings is 1. The number of ether oxygens (including phenoxy) is 1. The second kappa shape index (κ2) is 4.21. The van der Waals surface area contributed by atoms with Crippen LogP contribution in [0.25, 0.3) is 0 Å². The first-order valence-corrected chi connectivity index (χ1v) is 7.52. The van der Waals surface area contributed by atoms with Gasteiger partial charge in [0.15, 0.2) is 0 Å². The van der Waals surface area contributed by atoms with E-state index in [1.165, 1.54) is 18.2 Å². The van der Waals surface area contributed by atoms with Crippen LogP contribution in [0.3, 0.4) is 0 Å². The van der Waals surface area contributed by atoms with E-state index in [1.807, 2.05) is 0 Å². The van der Waals surface area contributed by atoms with Crippen molar-refractivity contribution in [1.29, 1.82) is 0 Å². The molecule has 0 aliphatic carbocycles. The molecule has 0 spiro atoms. The molecule has 7 heteroatoms. The lowest BCUT2D eigenvalue weighted by Crippen LogP contribution is -2.36. The van der Waals surface area contributed by atoms with Crippen LogP contribution in [-0.2, 0) is 14.8 Å². The van der Waals surface area contributed by atoms with Gasteiger partial charge in [0, 0.05) is 12.3 Å². The van der Waals surface area contributed by atoms with Gasteiger partial charge in [-0.3, -0.25) is 4.79 Å². The van der Waals surface area contributed by atoms with Crippen molar-refractivity contribution in [3.63, 3.8) is 0 Å². The van der Waals surface area contributed by atoms with E-state index >= 15 is 0 Å². The average Bonchev–Trinajstić information content (AvgIpc) is 2.92. The molecular formula is C12H14N2O4S. The highest BCUT2D eigenvalue weighted by Crippen LogP contribution is 2.32. The van der Waals surface area contributed by atoms with Crippen molar-refractivity contribution in [2.45, 2.75) is 23.8 Å². The fraction of sp³-hybridized carbons (Fsp3) is 0.417. The summed E-state index contributed by atoms with van der Waals surface area (Å²) in [6.07, 6.45) is 1.47. The summed E-state index contributed by atoms with van der Waals surface area (Å²) in [5, 5.41) is 0. The van der Waals surface area contributed by atoms with Gasteiger partial charge in [-0.25, -0.2) is 12.7 Å². The third-order valence-corrected chi connectivity index (χ3v) is 5.23. The van der Waals surface area contributed by atoms with Crippen molar-refractivity contribution in [2.24, 2.45) is 0 Å². The molecule has 19 heavy (non-hydrogen) atoms. The molecule has 1 fully saturated rings. The van der Waals surface area contributed by atoms with Crippen LogP contribution >= 0.6 is 0 Å². The van der Waals surface area contributed by atoms with Crippen LogP contribution in [-0.4, -0.2) is 37.9 Å². The van der Waals surface area contributed by atoms with E-state index in [-0.39, 0.29) is 23.1 Å². The molecule has 2 aliphatic rings. The first kappa shape index (κ1) is 12.4. The van der Waals surface area contributed by atoms with E-state index in [1.54, 1.807) is 0 Å². The number of nitrogens with two attached hydrogens (primary N) is 1. The predicted octanol–water partition coefficient (Wildman–Crippen LogP) is 0.592. The molecule has 2 aliphatic heterocycles. The van der Waals surface area contributed by atoms with E-state index in [0.29, 0.717) is 12.3 Å². The van der Waals surface area contributed by atoms with E-state index in [4.69, 9.17) is 10.5 Å². The van der Waals surface area contributed by atoms with Crippen LogP contribution in [0.4, 0.5) is 5.69 Å². The number of carbonyl (C=O) groups excluding carboxylic acids is 1. The van der Waals surface area contributed by atoms with Crippen molar-refractivity contribution < 1.29 is 17.9 Å². The molecule has 1 atom stereocenters. The number of rotatable bonds is 2. The Morgan fingerprint density at radius 1 is 1.42 bits per heavy atom. The van der Waals surface area contributed by atoms with E-state index in [0.717, 1.165) is 17.1 Å². The highest BCUT2D eigenvalue weighted by Gasteiger charge is 2.42. The van der Waals surface area contributed by atoms with E-state index in [9.17, 15) is 13.2 Å². The maximum Gasteiger partial charge on any atom is 0.269 e. The van der Waals surface area contributed by atoms with Crippen molar-refractivity contribution in [1.82, 2.24) is 4.31 Å². The van der Waals surface area contributed by atoms with Gasteiger partial charge >= 0.3 is 0 Å². The lowest BCUT2D eigenvalue weighted by atomic mass is 10.2. The summed E-state index contributed by atoms with van der Waals surface area (Å²) in [4.78, 5) is 12.2. The Morgan fingerprint density at radius 2 is 2.21 bits per heavy atom. The third kappa shape index (κ3) is 1.89. The SMILES string of the molecule is Nc1ccc2c(c1)C(=O)N(CC1CCCO1)S2(=O)=O. The van der Waals surface area contributed by atoms with Gasteiger partial charge in [0.25, 0.3) is 15.9 Å².